The van der Waals surface area contributed by atoms with Gasteiger partial charge in [0, 0.05) is 18.8 Å². The van der Waals surface area contributed by atoms with Crippen LogP contribution in [-0.2, 0) is 0 Å². The topological polar surface area (TPSA) is 51.4 Å². The fourth-order valence-corrected chi connectivity index (χ4v) is 1.90. The first-order chi connectivity index (χ1) is 7.25. The molecule has 2 rings (SSSR count). The van der Waals surface area contributed by atoms with E-state index in [2.05, 4.69) is 16.9 Å². The molecule has 0 unspecified atom stereocenters. The van der Waals surface area contributed by atoms with Crippen LogP contribution in [0.3, 0.4) is 0 Å². The van der Waals surface area contributed by atoms with Crippen LogP contribution in [-0.4, -0.2) is 36.1 Å². The maximum absolute atomic E-state index is 5.85. The molecule has 1 aliphatic heterocycles. The Morgan fingerprint density at radius 3 is 3.20 bits per heavy atom. The molecule has 2 N–H and O–H groups in total. The summed E-state index contributed by atoms with van der Waals surface area (Å²) < 4.78 is 5.85. The zero-order chi connectivity index (χ0) is 10.7. The smallest absolute Gasteiger partial charge is 0.145 e. The minimum Gasteiger partial charge on any atom is -0.487 e. The summed E-state index contributed by atoms with van der Waals surface area (Å²) >= 11 is 0. The van der Waals surface area contributed by atoms with Crippen molar-refractivity contribution in [3.63, 3.8) is 0 Å². The summed E-state index contributed by atoms with van der Waals surface area (Å²) in [6.45, 7) is 2.13. The van der Waals surface area contributed by atoms with Gasteiger partial charge in [-0.3, -0.25) is 4.98 Å². The summed E-state index contributed by atoms with van der Waals surface area (Å²) in [6.07, 6.45) is 5.88. The van der Waals surface area contributed by atoms with E-state index in [-0.39, 0.29) is 6.10 Å². The molecule has 82 valence electrons. The molecular formula is C11H17N3O. The zero-order valence-corrected chi connectivity index (χ0v) is 9.02. The summed E-state index contributed by atoms with van der Waals surface area (Å²) in [5, 5.41) is 0. The lowest BCUT2D eigenvalue weighted by Crippen LogP contribution is -2.38. The number of nitrogens with zero attached hydrogens (tertiary/aromatic N) is 2. The highest BCUT2D eigenvalue weighted by Crippen LogP contribution is 2.22. The number of hydrogen-bond acceptors (Lipinski definition) is 4. The van der Waals surface area contributed by atoms with E-state index in [1.165, 1.54) is 6.42 Å². The van der Waals surface area contributed by atoms with E-state index in [1.807, 2.05) is 6.07 Å². The van der Waals surface area contributed by atoms with Crippen molar-refractivity contribution in [1.82, 2.24) is 9.88 Å². The molecule has 1 atom stereocenters. The standard InChI is InChI=1S/C11H17N3O/c1-14-6-2-3-9(8-14)15-11-4-5-13-7-10(11)12/h4-5,7,9H,2-3,6,8,12H2,1H3/t9-/m0/s1. The Kier molecular flexibility index (Phi) is 3.06. The lowest BCUT2D eigenvalue weighted by Gasteiger charge is -2.30. The highest BCUT2D eigenvalue weighted by Gasteiger charge is 2.19. The van der Waals surface area contributed by atoms with Crippen LogP contribution in [0, 0.1) is 0 Å². The molecule has 1 aromatic heterocycles. The van der Waals surface area contributed by atoms with Crippen LogP contribution in [0.1, 0.15) is 12.8 Å². The van der Waals surface area contributed by atoms with E-state index >= 15 is 0 Å². The Labute approximate surface area is 90.0 Å². The quantitative estimate of drug-likeness (QED) is 0.790. The second kappa shape index (κ2) is 4.49. The van der Waals surface area contributed by atoms with Crippen molar-refractivity contribution in [2.75, 3.05) is 25.9 Å². The van der Waals surface area contributed by atoms with Crippen molar-refractivity contribution in [1.29, 1.82) is 0 Å². The second-order valence-corrected chi connectivity index (χ2v) is 4.06. The molecule has 2 heterocycles. The van der Waals surface area contributed by atoms with Gasteiger partial charge in [-0.05, 0) is 26.4 Å². The highest BCUT2D eigenvalue weighted by molar-refractivity contribution is 5.49. The van der Waals surface area contributed by atoms with Crippen molar-refractivity contribution < 1.29 is 4.74 Å². The van der Waals surface area contributed by atoms with Crippen LogP contribution in [0.25, 0.3) is 0 Å². The third kappa shape index (κ3) is 2.59. The van der Waals surface area contributed by atoms with Gasteiger partial charge >= 0.3 is 0 Å². The van der Waals surface area contributed by atoms with E-state index in [4.69, 9.17) is 10.5 Å². The van der Waals surface area contributed by atoms with Crippen LogP contribution >= 0.6 is 0 Å². The van der Waals surface area contributed by atoms with E-state index in [9.17, 15) is 0 Å². The number of anilines is 1. The molecule has 0 aromatic carbocycles. The van der Waals surface area contributed by atoms with Gasteiger partial charge in [0.1, 0.15) is 11.9 Å². The lowest BCUT2D eigenvalue weighted by molar-refractivity contribution is 0.105. The number of piperidine rings is 1. The maximum atomic E-state index is 5.85. The number of likely N-dealkylation sites (N-methyl/N-ethyl adjacent to an activating group) is 1. The number of pyridine rings is 1. The third-order valence-electron chi connectivity index (χ3n) is 2.68. The number of nitrogens with two attached hydrogens (primary N) is 1. The highest BCUT2D eigenvalue weighted by atomic mass is 16.5. The van der Waals surface area contributed by atoms with Crippen LogP contribution in [0.15, 0.2) is 18.5 Å². The largest absolute Gasteiger partial charge is 0.487 e. The first-order valence-electron chi connectivity index (χ1n) is 5.30. The molecule has 15 heavy (non-hydrogen) atoms. The van der Waals surface area contributed by atoms with Gasteiger partial charge in [-0.1, -0.05) is 0 Å². The molecule has 1 aliphatic rings. The SMILES string of the molecule is CN1CCC[C@H](Oc2ccncc2N)C1. The number of likely N-dealkylation sites (tertiary alicyclic amines) is 1. The molecule has 4 heteroatoms. The number of rotatable bonds is 2. The van der Waals surface area contributed by atoms with Crippen molar-refractivity contribution in [3.05, 3.63) is 18.5 Å². The van der Waals surface area contributed by atoms with Gasteiger partial charge in [-0.15, -0.1) is 0 Å². The Hall–Kier alpha value is -1.29. The zero-order valence-electron chi connectivity index (χ0n) is 9.02. The molecule has 4 nitrogen and oxygen atoms in total. The van der Waals surface area contributed by atoms with Gasteiger partial charge in [0.25, 0.3) is 0 Å². The van der Waals surface area contributed by atoms with Crippen LogP contribution in [0.4, 0.5) is 5.69 Å². The molecule has 0 aliphatic carbocycles. The molecule has 0 spiro atoms. The van der Waals surface area contributed by atoms with Gasteiger partial charge in [0.2, 0.25) is 0 Å². The molecule has 0 radical (unpaired) electrons. The number of aromatic nitrogens is 1. The van der Waals surface area contributed by atoms with Crippen molar-refractivity contribution in [3.8, 4) is 5.75 Å². The summed E-state index contributed by atoms with van der Waals surface area (Å²) in [7, 11) is 2.12. The van der Waals surface area contributed by atoms with E-state index < -0.39 is 0 Å². The fraction of sp³-hybridized carbons (Fsp3) is 0.545. The van der Waals surface area contributed by atoms with Crippen LogP contribution in [0.5, 0.6) is 5.75 Å². The van der Waals surface area contributed by atoms with E-state index in [0.29, 0.717) is 5.69 Å². The predicted octanol–water partition coefficient (Wildman–Crippen LogP) is 1.14. The molecule has 0 amide bonds. The molecule has 1 saturated heterocycles. The van der Waals surface area contributed by atoms with Crippen molar-refractivity contribution in [2.24, 2.45) is 0 Å². The lowest BCUT2D eigenvalue weighted by atomic mass is 10.1. The Bertz CT molecular complexity index is 329. The van der Waals surface area contributed by atoms with Crippen LogP contribution in [0.2, 0.25) is 0 Å². The van der Waals surface area contributed by atoms with Gasteiger partial charge in [-0.2, -0.15) is 0 Å². The average molecular weight is 207 g/mol. The minimum absolute atomic E-state index is 0.258. The van der Waals surface area contributed by atoms with Gasteiger partial charge in [-0.25, -0.2) is 0 Å². The van der Waals surface area contributed by atoms with Gasteiger partial charge in [0.05, 0.1) is 11.9 Å². The molecule has 1 aromatic rings. The Morgan fingerprint density at radius 1 is 1.60 bits per heavy atom. The Balaban J connectivity index is 1.99. The number of ether oxygens (including phenoxy) is 1. The van der Waals surface area contributed by atoms with E-state index in [1.54, 1.807) is 12.4 Å². The summed E-state index contributed by atoms with van der Waals surface area (Å²) in [5.41, 5.74) is 6.39. The third-order valence-corrected chi connectivity index (χ3v) is 2.68. The average Bonchev–Trinajstić information content (AvgIpc) is 2.22. The summed E-state index contributed by atoms with van der Waals surface area (Å²) in [5.74, 6) is 0.755. The molecule has 0 bridgehead atoms. The van der Waals surface area contributed by atoms with Gasteiger partial charge < -0.3 is 15.4 Å². The number of hydrogen-bond donors (Lipinski definition) is 1. The number of nitrogen functional groups attached to an aromatic ring is 1. The maximum Gasteiger partial charge on any atom is 0.145 e. The second-order valence-electron chi connectivity index (χ2n) is 4.06. The molecule has 1 fully saturated rings. The van der Waals surface area contributed by atoms with Crippen molar-refractivity contribution >= 4 is 5.69 Å². The van der Waals surface area contributed by atoms with Crippen molar-refractivity contribution in [2.45, 2.75) is 18.9 Å². The first kappa shape index (κ1) is 10.2. The summed E-state index contributed by atoms with van der Waals surface area (Å²) in [6, 6.07) is 1.82. The monoisotopic (exact) mass is 207 g/mol. The molecule has 0 saturated carbocycles. The van der Waals surface area contributed by atoms with E-state index in [0.717, 1.165) is 25.3 Å². The molecular weight excluding hydrogens is 190 g/mol. The predicted molar refractivity (Wildman–Crippen MR) is 59.8 cm³/mol. The minimum atomic E-state index is 0.258. The van der Waals surface area contributed by atoms with Gasteiger partial charge in [0.15, 0.2) is 0 Å². The fourth-order valence-electron chi connectivity index (χ4n) is 1.90. The normalized spacial score (nSPS) is 22.6. The van der Waals surface area contributed by atoms with Crippen LogP contribution < -0.4 is 10.5 Å². The first-order valence-corrected chi connectivity index (χ1v) is 5.30. The summed E-state index contributed by atoms with van der Waals surface area (Å²) in [4.78, 5) is 6.22. The Morgan fingerprint density at radius 2 is 2.47 bits per heavy atom.